The van der Waals surface area contributed by atoms with E-state index in [0.717, 1.165) is 57.8 Å². The van der Waals surface area contributed by atoms with Crippen molar-refractivity contribution in [1.29, 1.82) is 0 Å². The summed E-state index contributed by atoms with van der Waals surface area (Å²) in [6.45, 7) is 5.43. The summed E-state index contributed by atoms with van der Waals surface area (Å²) in [5.74, 6) is -0.278. The standard InChI is InChI=1S/C19H23N3O3/c23-18-15-5-1-3-14-4-2-7-22(17(14)15)13-16(18)19(24)20-6-8-21-9-11-25-12-10-21/h1,3,5,13H,2,4,6-12H2,(H,20,24). The number of morpholine rings is 1. The number of aryl methyl sites for hydroxylation is 2. The highest BCUT2D eigenvalue weighted by Crippen LogP contribution is 2.23. The van der Waals surface area contributed by atoms with E-state index >= 15 is 0 Å². The summed E-state index contributed by atoms with van der Waals surface area (Å²) in [4.78, 5) is 27.6. The number of pyridine rings is 1. The van der Waals surface area contributed by atoms with Crippen molar-refractivity contribution < 1.29 is 9.53 Å². The number of nitrogens with one attached hydrogen (secondary N) is 1. The molecule has 1 fully saturated rings. The van der Waals surface area contributed by atoms with E-state index in [1.54, 1.807) is 6.20 Å². The minimum atomic E-state index is -0.278. The molecule has 2 aliphatic rings. The first kappa shape index (κ1) is 16.3. The maximum absolute atomic E-state index is 12.8. The zero-order valence-corrected chi connectivity index (χ0v) is 14.3. The molecule has 0 saturated carbocycles. The average molecular weight is 341 g/mol. The number of para-hydroxylation sites is 1. The fraction of sp³-hybridized carbons (Fsp3) is 0.474. The van der Waals surface area contributed by atoms with E-state index in [2.05, 4.69) is 20.9 Å². The Balaban J connectivity index is 1.54. The molecule has 132 valence electrons. The Kier molecular flexibility index (Phi) is 4.55. The lowest BCUT2D eigenvalue weighted by molar-refractivity contribution is 0.0383. The Bertz CT molecular complexity index is 853. The van der Waals surface area contributed by atoms with Gasteiger partial charge in [-0.15, -0.1) is 0 Å². The minimum absolute atomic E-state index is 0.168. The first-order valence-electron chi connectivity index (χ1n) is 8.97. The summed E-state index contributed by atoms with van der Waals surface area (Å²) in [5.41, 5.74) is 2.26. The van der Waals surface area contributed by atoms with Crippen LogP contribution in [0.4, 0.5) is 0 Å². The van der Waals surface area contributed by atoms with Crippen LogP contribution < -0.4 is 10.7 Å². The van der Waals surface area contributed by atoms with Crippen molar-refractivity contribution in [2.24, 2.45) is 0 Å². The molecule has 0 atom stereocenters. The van der Waals surface area contributed by atoms with Gasteiger partial charge in [0.2, 0.25) is 5.43 Å². The predicted molar refractivity (Wildman–Crippen MR) is 96.1 cm³/mol. The highest BCUT2D eigenvalue weighted by atomic mass is 16.5. The molecule has 2 aliphatic heterocycles. The van der Waals surface area contributed by atoms with Gasteiger partial charge in [-0.2, -0.15) is 0 Å². The molecular weight excluding hydrogens is 318 g/mol. The van der Waals surface area contributed by atoms with Gasteiger partial charge in [-0.05, 0) is 24.5 Å². The van der Waals surface area contributed by atoms with E-state index in [9.17, 15) is 9.59 Å². The van der Waals surface area contributed by atoms with Crippen molar-refractivity contribution in [3.63, 3.8) is 0 Å². The van der Waals surface area contributed by atoms with Crippen LogP contribution in [-0.4, -0.2) is 54.8 Å². The van der Waals surface area contributed by atoms with E-state index in [-0.39, 0.29) is 16.9 Å². The Morgan fingerprint density at radius 3 is 2.88 bits per heavy atom. The fourth-order valence-electron chi connectivity index (χ4n) is 3.77. The van der Waals surface area contributed by atoms with Gasteiger partial charge >= 0.3 is 0 Å². The molecule has 0 spiro atoms. The summed E-state index contributed by atoms with van der Waals surface area (Å²) in [6.07, 6.45) is 3.76. The second kappa shape index (κ2) is 6.98. The predicted octanol–water partition coefficient (Wildman–Crippen LogP) is 1.01. The number of carbonyl (C=O) groups is 1. The Morgan fingerprint density at radius 2 is 2.04 bits per heavy atom. The molecule has 3 heterocycles. The normalized spacial score (nSPS) is 17.6. The van der Waals surface area contributed by atoms with Crippen molar-refractivity contribution in [2.45, 2.75) is 19.4 Å². The third kappa shape index (κ3) is 3.19. The van der Waals surface area contributed by atoms with E-state index in [4.69, 9.17) is 4.74 Å². The number of benzene rings is 1. The number of hydrogen-bond acceptors (Lipinski definition) is 4. The molecule has 1 aromatic carbocycles. The molecule has 6 nitrogen and oxygen atoms in total. The van der Waals surface area contributed by atoms with Crippen molar-refractivity contribution >= 4 is 16.8 Å². The molecule has 1 saturated heterocycles. The molecule has 25 heavy (non-hydrogen) atoms. The van der Waals surface area contributed by atoms with E-state index in [0.29, 0.717) is 11.9 Å². The number of aromatic nitrogens is 1. The maximum atomic E-state index is 12.8. The Hall–Kier alpha value is -2.18. The molecule has 1 N–H and O–H groups in total. The number of ether oxygens (including phenoxy) is 1. The Morgan fingerprint density at radius 1 is 1.20 bits per heavy atom. The van der Waals surface area contributed by atoms with Crippen LogP contribution in [0.25, 0.3) is 10.9 Å². The lowest BCUT2D eigenvalue weighted by Gasteiger charge is -2.26. The van der Waals surface area contributed by atoms with Gasteiger partial charge in [0, 0.05) is 44.3 Å². The molecule has 0 bridgehead atoms. The number of nitrogens with zero attached hydrogens (tertiary/aromatic N) is 2. The average Bonchev–Trinajstić information content (AvgIpc) is 2.65. The van der Waals surface area contributed by atoms with Crippen molar-refractivity contribution in [3.8, 4) is 0 Å². The van der Waals surface area contributed by atoms with Crippen LogP contribution in [0.3, 0.4) is 0 Å². The van der Waals surface area contributed by atoms with Crippen LogP contribution in [0.15, 0.2) is 29.2 Å². The van der Waals surface area contributed by atoms with Crippen molar-refractivity contribution in [2.75, 3.05) is 39.4 Å². The van der Waals surface area contributed by atoms with Gasteiger partial charge < -0.3 is 14.6 Å². The zero-order chi connectivity index (χ0) is 17.2. The van der Waals surface area contributed by atoms with Crippen LogP contribution in [0.1, 0.15) is 22.3 Å². The first-order chi connectivity index (χ1) is 12.2. The van der Waals surface area contributed by atoms with Gasteiger partial charge in [0.1, 0.15) is 5.56 Å². The molecule has 0 unspecified atom stereocenters. The maximum Gasteiger partial charge on any atom is 0.256 e. The number of hydrogen-bond donors (Lipinski definition) is 1. The molecule has 1 amide bonds. The molecule has 4 rings (SSSR count). The van der Waals surface area contributed by atoms with Gasteiger partial charge in [0.15, 0.2) is 0 Å². The summed E-state index contributed by atoms with van der Waals surface area (Å²) < 4.78 is 7.38. The van der Waals surface area contributed by atoms with Gasteiger partial charge in [0.05, 0.1) is 18.7 Å². The van der Waals surface area contributed by atoms with Crippen molar-refractivity contribution in [3.05, 3.63) is 45.7 Å². The third-order valence-electron chi connectivity index (χ3n) is 5.09. The molecule has 0 radical (unpaired) electrons. The van der Waals surface area contributed by atoms with Gasteiger partial charge in [-0.3, -0.25) is 14.5 Å². The van der Waals surface area contributed by atoms with Gasteiger partial charge in [-0.1, -0.05) is 12.1 Å². The summed E-state index contributed by atoms with van der Waals surface area (Å²) in [5, 5.41) is 3.55. The SMILES string of the molecule is O=C(NCCN1CCOCC1)c1cn2c3c(cccc3c1=O)CCC2. The zero-order valence-electron chi connectivity index (χ0n) is 14.3. The van der Waals surface area contributed by atoms with Crippen LogP contribution in [0, 0.1) is 0 Å². The molecule has 0 aliphatic carbocycles. The molecule has 2 aromatic rings. The topological polar surface area (TPSA) is 63.6 Å². The van der Waals surface area contributed by atoms with Crippen LogP contribution in [0.2, 0.25) is 0 Å². The van der Waals surface area contributed by atoms with Gasteiger partial charge in [-0.25, -0.2) is 0 Å². The molecule has 6 heteroatoms. The van der Waals surface area contributed by atoms with Crippen LogP contribution in [0.5, 0.6) is 0 Å². The largest absolute Gasteiger partial charge is 0.379 e. The number of amides is 1. The van der Waals surface area contributed by atoms with E-state index < -0.39 is 0 Å². The highest BCUT2D eigenvalue weighted by Gasteiger charge is 2.19. The molecular formula is C19H23N3O3. The lowest BCUT2D eigenvalue weighted by Crippen LogP contribution is -2.42. The molecule has 1 aromatic heterocycles. The van der Waals surface area contributed by atoms with Crippen LogP contribution >= 0.6 is 0 Å². The number of carbonyl (C=O) groups excluding carboxylic acids is 1. The quantitative estimate of drug-likeness (QED) is 0.902. The fourth-order valence-corrected chi connectivity index (χ4v) is 3.77. The Labute approximate surface area is 146 Å². The van der Waals surface area contributed by atoms with E-state index in [1.807, 2.05) is 12.1 Å². The highest BCUT2D eigenvalue weighted by molar-refractivity contribution is 5.97. The third-order valence-corrected chi connectivity index (χ3v) is 5.09. The minimum Gasteiger partial charge on any atom is -0.379 e. The first-order valence-corrected chi connectivity index (χ1v) is 8.97. The second-order valence-electron chi connectivity index (χ2n) is 6.69. The monoisotopic (exact) mass is 341 g/mol. The summed E-state index contributed by atoms with van der Waals surface area (Å²) in [7, 11) is 0. The van der Waals surface area contributed by atoms with E-state index in [1.165, 1.54) is 5.56 Å². The summed E-state index contributed by atoms with van der Waals surface area (Å²) >= 11 is 0. The summed E-state index contributed by atoms with van der Waals surface area (Å²) in [6, 6.07) is 5.81. The van der Waals surface area contributed by atoms with Crippen molar-refractivity contribution in [1.82, 2.24) is 14.8 Å². The lowest BCUT2D eigenvalue weighted by atomic mass is 10.00. The van der Waals surface area contributed by atoms with Gasteiger partial charge in [0.25, 0.3) is 5.91 Å². The smallest absolute Gasteiger partial charge is 0.256 e. The number of rotatable bonds is 4. The second-order valence-corrected chi connectivity index (χ2v) is 6.69. The van der Waals surface area contributed by atoms with Crippen LogP contribution in [-0.2, 0) is 17.7 Å².